The van der Waals surface area contributed by atoms with Crippen LogP contribution < -0.4 is 16.4 Å². The molecule has 0 aliphatic carbocycles. The fourth-order valence-corrected chi connectivity index (χ4v) is 3.05. The van der Waals surface area contributed by atoms with Crippen molar-refractivity contribution in [1.82, 2.24) is 10.3 Å². The van der Waals surface area contributed by atoms with Gasteiger partial charge < -0.3 is 21.1 Å². The van der Waals surface area contributed by atoms with Crippen LogP contribution in [-0.4, -0.2) is 36.2 Å². The Morgan fingerprint density at radius 1 is 1.60 bits per heavy atom. The van der Waals surface area contributed by atoms with Crippen LogP contribution >= 0.6 is 11.3 Å². The number of nitrogens with two attached hydrogens (primary N) is 1. The number of nitrogens with zero attached hydrogens (tertiary/aromatic N) is 1. The van der Waals surface area contributed by atoms with Crippen molar-refractivity contribution in [3.63, 3.8) is 0 Å². The molecule has 0 spiro atoms. The van der Waals surface area contributed by atoms with Crippen molar-refractivity contribution in [1.29, 1.82) is 0 Å². The normalized spacial score (nSPS) is 18.4. The van der Waals surface area contributed by atoms with E-state index in [0.717, 1.165) is 25.9 Å². The molecule has 1 saturated heterocycles. The van der Waals surface area contributed by atoms with Gasteiger partial charge in [-0.15, -0.1) is 0 Å². The van der Waals surface area contributed by atoms with Gasteiger partial charge in [0.05, 0.1) is 6.10 Å². The van der Waals surface area contributed by atoms with E-state index in [0.29, 0.717) is 16.6 Å². The lowest BCUT2D eigenvalue weighted by Gasteiger charge is -2.09. The second-order valence-electron chi connectivity index (χ2n) is 5.21. The van der Waals surface area contributed by atoms with E-state index in [-0.39, 0.29) is 23.9 Å². The minimum Gasteiger partial charge on any atom is -0.382 e. The molecule has 1 aromatic heterocycles. The lowest BCUT2D eigenvalue weighted by Crippen LogP contribution is -2.27. The van der Waals surface area contributed by atoms with Gasteiger partial charge in [0, 0.05) is 19.2 Å². The monoisotopic (exact) mass is 298 g/mol. The first-order valence-corrected chi connectivity index (χ1v) is 7.80. The fraction of sp³-hybridized carbons (Fsp3) is 0.692. The summed E-state index contributed by atoms with van der Waals surface area (Å²) in [4.78, 5) is 16.7. The molecule has 1 atom stereocenters. The SMILES string of the molecule is CC(C)Nc1nc(N)c(C(=O)NCCC2CCCO2)s1. The van der Waals surface area contributed by atoms with Crippen LogP contribution in [0.3, 0.4) is 0 Å². The van der Waals surface area contributed by atoms with Gasteiger partial charge in [-0.25, -0.2) is 4.98 Å². The van der Waals surface area contributed by atoms with E-state index < -0.39 is 0 Å². The molecule has 0 saturated carbocycles. The number of hydrogen-bond donors (Lipinski definition) is 3. The summed E-state index contributed by atoms with van der Waals surface area (Å²) in [6.07, 6.45) is 3.33. The molecule has 6 nitrogen and oxygen atoms in total. The second kappa shape index (κ2) is 6.90. The Morgan fingerprint density at radius 2 is 2.40 bits per heavy atom. The van der Waals surface area contributed by atoms with Crippen LogP contribution in [0.4, 0.5) is 10.9 Å². The Morgan fingerprint density at radius 3 is 3.05 bits per heavy atom. The molecular formula is C13H22N4O2S. The predicted molar refractivity (Wildman–Crippen MR) is 81.2 cm³/mol. The molecule has 2 heterocycles. The summed E-state index contributed by atoms with van der Waals surface area (Å²) in [7, 11) is 0. The van der Waals surface area contributed by atoms with Gasteiger partial charge in [0.15, 0.2) is 5.13 Å². The van der Waals surface area contributed by atoms with Gasteiger partial charge in [-0.3, -0.25) is 4.79 Å². The van der Waals surface area contributed by atoms with Crippen molar-refractivity contribution in [2.75, 3.05) is 24.2 Å². The third-order valence-corrected chi connectivity index (χ3v) is 4.05. The van der Waals surface area contributed by atoms with Crippen molar-refractivity contribution >= 4 is 28.2 Å². The van der Waals surface area contributed by atoms with Crippen molar-refractivity contribution in [3.8, 4) is 0 Å². The largest absolute Gasteiger partial charge is 0.382 e. The van der Waals surface area contributed by atoms with E-state index in [2.05, 4.69) is 15.6 Å². The van der Waals surface area contributed by atoms with E-state index in [1.165, 1.54) is 11.3 Å². The van der Waals surface area contributed by atoms with Crippen molar-refractivity contribution in [2.24, 2.45) is 0 Å². The highest BCUT2D eigenvalue weighted by atomic mass is 32.1. The number of anilines is 2. The average Bonchev–Trinajstić information content (AvgIpc) is 2.98. The first kappa shape index (κ1) is 15.1. The van der Waals surface area contributed by atoms with Gasteiger partial charge in [-0.1, -0.05) is 11.3 Å². The lowest BCUT2D eigenvalue weighted by molar-refractivity contribution is 0.0911. The van der Waals surface area contributed by atoms with Crippen LogP contribution in [0.2, 0.25) is 0 Å². The maximum absolute atomic E-state index is 12.0. The first-order valence-electron chi connectivity index (χ1n) is 6.99. The van der Waals surface area contributed by atoms with Gasteiger partial charge in [-0.2, -0.15) is 0 Å². The number of aromatic nitrogens is 1. The van der Waals surface area contributed by atoms with Gasteiger partial charge >= 0.3 is 0 Å². The van der Waals surface area contributed by atoms with Crippen LogP contribution in [0.15, 0.2) is 0 Å². The lowest BCUT2D eigenvalue weighted by atomic mass is 10.2. The highest BCUT2D eigenvalue weighted by molar-refractivity contribution is 7.18. The third-order valence-electron chi connectivity index (χ3n) is 3.05. The maximum atomic E-state index is 12.0. The highest BCUT2D eigenvalue weighted by Crippen LogP contribution is 2.25. The summed E-state index contributed by atoms with van der Waals surface area (Å²) < 4.78 is 5.52. The Hall–Kier alpha value is -1.34. The highest BCUT2D eigenvalue weighted by Gasteiger charge is 2.18. The zero-order valence-corrected chi connectivity index (χ0v) is 12.8. The van der Waals surface area contributed by atoms with Crippen LogP contribution in [-0.2, 0) is 4.74 Å². The molecule has 0 bridgehead atoms. The number of rotatable bonds is 6. The molecule has 2 rings (SSSR count). The fourth-order valence-electron chi connectivity index (χ4n) is 2.10. The number of carbonyl (C=O) groups excluding carboxylic acids is 1. The summed E-state index contributed by atoms with van der Waals surface area (Å²) in [5.41, 5.74) is 5.79. The average molecular weight is 298 g/mol. The summed E-state index contributed by atoms with van der Waals surface area (Å²) in [5.74, 6) is 0.127. The number of ether oxygens (including phenoxy) is 1. The number of thiazole rings is 1. The molecular weight excluding hydrogens is 276 g/mol. The van der Waals surface area contributed by atoms with E-state index >= 15 is 0 Å². The summed E-state index contributed by atoms with van der Waals surface area (Å²) >= 11 is 1.29. The minimum absolute atomic E-state index is 0.158. The van der Waals surface area contributed by atoms with Gasteiger partial charge in [0.1, 0.15) is 10.7 Å². The van der Waals surface area contributed by atoms with E-state index in [9.17, 15) is 4.79 Å². The second-order valence-corrected chi connectivity index (χ2v) is 6.21. The van der Waals surface area contributed by atoms with Crippen molar-refractivity contribution in [3.05, 3.63) is 4.88 Å². The zero-order chi connectivity index (χ0) is 14.5. The van der Waals surface area contributed by atoms with E-state index in [4.69, 9.17) is 10.5 Å². The third kappa shape index (κ3) is 4.08. The summed E-state index contributed by atoms with van der Waals surface area (Å²) in [6.45, 7) is 5.47. The van der Waals surface area contributed by atoms with E-state index in [1.807, 2.05) is 13.8 Å². The molecule has 1 unspecified atom stereocenters. The molecule has 7 heteroatoms. The molecule has 1 amide bonds. The first-order chi connectivity index (χ1) is 9.56. The Kier molecular flexibility index (Phi) is 5.19. The Bertz CT molecular complexity index is 455. The number of hydrogen-bond acceptors (Lipinski definition) is 6. The Balaban J connectivity index is 1.83. The molecule has 1 aliphatic heterocycles. The molecule has 0 radical (unpaired) electrons. The molecule has 112 valence electrons. The molecule has 1 aromatic rings. The quantitative estimate of drug-likeness (QED) is 0.745. The van der Waals surface area contributed by atoms with Crippen LogP contribution in [0.25, 0.3) is 0 Å². The van der Waals surface area contributed by atoms with Crippen molar-refractivity contribution in [2.45, 2.75) is 45.3 Å². The summed E-state index contributed by atoms with van der Waals surface area (Å²) in [5, 5.41) is 6.71. The van der Waals surface area contributed by atoms with E-state index in [1.54, 1.807) is 0 Å². The molecule has 1 aliphatic rings. The number of nitrogens with one attached hydrogen (secondary N) is 2. The topological polar surface area (TPSA) is 89.3 Å². The molecule has 4 N–H and O–H groups in total. The Labute approximate surface area is 123 Å². The van der Waals surface area contributed by atoms with Crippen molar-refractivity contribution < 1.29 is 9.53 Å². The number of nitrogen functional groups attached to an aromatic ring is 1. The van der Waals surface area contributed by atoms with Crippen LogP contribution in [0.1, 0.15) is 42.8 Å². The van der Waals surface area contributed by atoms with Gasteiger partial charge in [-0.05, 0) is 33.1 Å². The smallest absolute Gasteiger partial charge is 0.265 e. The van der Waals surface area contributed by atoms with Gasteiger partial charge in [0.25, 0.3) is 5.91 Å². The maximum Gasteiger partial charge on any atom is 0.265 e. The molecule has 0 aromatic carbocycles. The van der Waals surface area contributed by atoms with Crippen LogP contribution in [0.5, 0.6) is 0 Å². The molecule has 1 fully saturated rings. The molecule has 20 heavy (non-hydrogen) atoms. The predicted octanol–water partition coefficient (Wildman–Crippen LogP) is 1.84. The number of amides is 1. The minimum atomic E-state index is -0.158. The van der Waals surface area contributed by atoms with Gasteiger partial charge in [0.2, 0.25) is 0 Å². The summed E-state index contributed by atoms with van der Waals surface area (Å²) in [6, 6.07) is 0.260. The number of carbonyl (C=O) groups is 1. The van der Waals surface area contributed by atoms with Crippen LogP contribution in [0, 0.1) is 0 Å². The standard InChI is InChI=1S/C13H22N4O2S/c1-8(2)16-13-17-11(14)10(20-13)12(18)15-6-5-9-4-3-7-19-9/h8-9H,3-7,14H2,1-2H3,(H,15,18)(H,16,17). The zero-order valence-electron chi connectivity index (χ0n) is 11.9.